The Balaban J connectivity index is 0.000000771. The van der Waals surface area contributed by atoms with E-state index in [1.807, 2.05) is 20.8 Å². The molecule has 2 aliphatic carbocycles. The van der Waals surface area contributed by atoms with Gasteiger partial charge in [0.25, 0.3) is 0 Å². The molecule has 0 saturated heterocycles. The summed E-state index contributed by atoms with van der Waals surface area (Å²) >= 11 is 0. The van der Waals surface area contributed by atoms with Gasteiger partial charge < -0.3 is 0 Å². The number of carbonyl (C=O) groups is 3. The molecule has 2 aliphatic rings. The number of ketones is 3. The second-order valence-corrected chi connectivity index (χ2v) is 5.26. The van der Waals surface area contributed by atoms with Crippen molar-refractivity contribution in [3.8, 4) is 0 Å². The van der Waals surface area contributed by atoms with Gasteiger partial charge in [0, 0.05) is 18.8 Å². The molecule has 18 heavy (non-hydrogen) atoms. The van der Waals surface area contributed by atoms with Crippen LogP contribution in [0, 0.1) is 17.8 Å². The molecule has 0 radical (unpaired) electrons. The lowest BCUT2D eigenvalue weighted by molar-refractivity contribution is -0.144. The van der Waals surface area contributed by atoms with E-state index >= 15 is 0 Å². The molecule has 0 aliphatic heterocycles. The summed E-state index contributed by atoms with van der Waals surface area (Å²) < 4.78 is 0. The number of Topliss-reactive ketones (excluding diaryl/α,β-unsaturated/α-hetero) is 3. The molecule has 0 spiro atoms. The average Bonchev–Trinajstić information content (AvgIpc) is 2.83. The second kappa shape index (κ2) is 6.81. The maximum atomic E-state index is 12.1. The molecule has 0 bridgehead atoms. The molecule has 0 heterocycles. The molecule has 0 amide bonds. The van der Waals surface area contributed by atoms with Crippen LogP contribution in [0.15, 0.2) is 0 Å². The summed E-state index contributed by atoms with van der Waals surface area (Å²) in [5.41, 5.74) is 0. The molecule has 2 fully saturated rings. The van der Waals surface area contributed by atoms with Gasteiger partial charge in [0.1, 0.15) is 5.92 Å². The average molecular weight is 252 g/mol. The van der Waals surface area contributed by atoms with Crippen LogP contribution in [-0.2, 0) is 14.4 Å². The van der Waals surface area contributed by atoms with Crippen LogP contribution in [0.1, 0.15) is 59.3 Å². The fraction of sp³-hybridized carbons (Fsp3) is 0.800. The van der Waals surface area contributed by atoms with Gasteiger partial charge in [-0.25, -0.2) is 0 Å². The summed E-state index contributed by atoms with van der Waals surface area (Å²) in [6.45, 7) is 5.89. The molecule has 2 saturated carbocycles. The van der Waals surface area contributed by atoms with Crippen molar-refractivity contribution in [1.82, 2.24) is 0 Å². The van der Waals surface area contributed by atoms with Gasteiger partial charge in [-0.1, -0.05) is 33.6 Å². The largest absolute Gasteiger partial charge is 0.298 e. The molecule has 0 aromatic carbocycles. The standard InChI is InChI=1S/C13H18O3.C2H6/c1-8-6-10(14)12(11(15)7-8)13(16)9-4-2-3-5-9;1-2/h8-9,12H,2-7H2,1H3;1-2H3. The number of rotatable bonds is 2. The highest BCUT2D eigenvalue weighted by Crippen LogP contribution is 2.32. The normalized spacial score (nSPS) is 28.8. The van der Waals surface area contributed by atoms with Crippen molar-refractivity contribution in [2.45, 2.75) is 59.3 Å². The summed E-state index contributed by atoms with van der Waals surface area (Å²) in [4.78, 5) is 35.6. The van der Waals surface area contributed by atoms with Crippen LogP contribution in [0.2, 0.25) is 0 Å². The Morgan fingerprint density at radius 2 is 1.44 bits per heavy atom. The first kappa shape index (κ1) is 15.1. The molecule has 102 valence electrons. The minimum atomic E-state index is -0.903. The van der Waals surface area contributed by atoms with E-state index in [9.17, 15) is 14.4 Å². The lowest BCUT2D eigenvalue weighted by Crippen LogP contribution is -2.40. The third-order valence-corrected chi connectivity index (χ3v) is 3.79. The second-order valence-electron chi connectivity index (χ2n) is 5.26. The molecule has 0 aromatic heterocycles. The van der Waals surface area contributed by atoms with Gasteiger partial charge in [0.2, 0.25) is 0 Å². The van der Waals surface area contributed by atoms with Crippen molar-refractivity contribution in [2.24, 2.45) is 17.8 Å². The predicted molar refractivity (Wildman–Crippen MR) is 70.2 cm³/mol. The molecule has 3 nitrogen and oxygen atoms in total. The third kappa shape index (κ3) is 3.27. The van der Waals surface area contributed by atoms with E-state index in [4.69, 9.17) is 0 Å². The van der Waals surface area contributed by atoms with Crippen molar-refractivity contribution < 1.29 is 14.4 Å². The maximum absolute atomic E-state index is 12.1. The molecule has 0 aromatic rings. The van der Waals surface area contributed by atoms with Gasteiger partial charge in [-0.2, -0.15) is 0 Å². The first-order valence-electron chi connectivity index (χ1n) is 7.18. The van der Waals surface area contributed by atoms with Gasteiger partial charge in [0.15, 0.2) is 17.3 Å². The van der Waals surface area contributed by atoms with Gasteiger partial charge in [-0.15, -0.1) is 0 Å². The first-order chi connectivity index (χ1) is 8.59. The molecule has 0 unspecified atom stereocenters. The molecular weight excluding hydrogens is 228 g/mol. The molecule has 0 atom stereocenters. The quantitative estimate of drug-likeness (QED) is 0.710. The van der Waals surface area contributed by atoms with Crippen molar-refractivity contribution in [1.29, 1.82) is 0 Å². The predicted octanol–water partition coefficient (Wildman–Crippen LogP) is 2.96. The van der Waals surface area contributed by atoms with Crippen LogP contribution in [0.5, 0.6) is 0 Å². The summed E-state index contributed by atoms with van der Waals surface area (Å²) in [5.74, 6) is -1.17. The minimum Gasteiger partial charge on any atom is -0.298 e. The Hall–Kier alpha value is -0.990. The fourth-order valence-electron chi connectivity index (χ4n) is 2.94. The van der Waals surface area contributed by atoms with Crippen LogP contribution in [0.4, 0.5) is 0 Å². The minimum absolute atomic E-state index is 0.0219. The zero-order valence-electron chi connectivity index (χ0n) is 11.7. The van der Waals surface area contributed by atoms with Crippen LogP contribution in [0.3, 0.4) is 0 Å². The number of carbonyl (C=O) groups excluding carboxylic acids is 3. The van der Waals surface area contributed by atoms with E-state index < -0.39 is 5.92 Å². The van der Waals surface area contributed by atoms with E-state index in [0.29, 0.717) is 12.8 Å². The Labute approximate surface area is 109 Å². The van der Waals surface area contributed by atoms with E-state index in [1.54, 1.807) is 0 Å². The summed E-state index contributed by atoms with van der Waals surface area (Å²) in [6.07, 6.45) is 4.64. The molecule has 2 rings (SSSR count). The van der Waals surface area contributed by atoms with E-state index in [1.165, 1.54) is 0 Å². The van der Waals surface area contributed by atoms with Gasteiger partial charge in [0.05, 0.1) is 0 Å². The Bertz CT molecular complexity index is 309. The van der Waals surface area contributed by atoms with E-state index in [2.05, 4.69) is 0 Å². The number of hydrogen-bond donors (Lipinski definition) is 0. The maximum Gasteiger partial charge on any atom is 0.153 e. The Morgan fingerprint density at radius 3 is 1.89 bits per heavy atom. The Kier molecular flexibility index (Phi) is 5.70. The summed E-state index contributed by atoms with van der Waals surface area (Å²) in [5, 5.41) is 0. The lowest BCUT2D eigenvalue weighted by Gasteiger charge is -2.24. The highest BCUT2D eigenvalue weighted by atomic mass is 16.2. The van der Waals surface area contributed by atoms with E-state index in [-0.39, 0.29) is 29.2 Å². The smallest absolute Gasteiger partial charge is 0.153 e. The first-order valence-corrected chi connectivity index (χ1v) is 7.18. The SMILES string of the molecule is CC.CC1CC(=O)C(C(=O)C2CCCC2)C(=O)C1. The van der Waals surface area contributed by atoms with Crippen LogP contribution in [-0.4, -0.2) is 17.3 Å². The van der Waals surface area contributed by atoms with Crippen molar-refractivity contribution in [3.63, 3.8) is 0 Å². The van der Waals surface area contributed by atoms with E-state index in [0.717, 1.165) is 25.7 Å². The van der Waals surface area contributed by atoms with Crippen molar-refractivity contribution >= 4 is 17.3 Å². The zero-order chi connectivity index (χ0) is 13.7. The highest BCUT2D eigenvalue weighted by Gasteiger charge is 2.41. The van der Waals surface area contributed by atoms with Crippen LogP contribution < -0.4 is 0 Å². The van der Waals surface area contributed by atoms with Crippen LogP contribution in [0.25, 0.3) is 0 Å². The topological polar surface area (TPSA) is 51.2 Å². The lowest BCUT2D eigenvalue weighted by atomic mass is 9.75. The number of hydrogen-bond acceptors (Lipinski definition) is 3. The monoisotopic (exact) mass is 252 g/mol. The Morgan fingerprint density at radius 1 is 1.00 bits per heavy atom. The molecule has 3 heteroatoms. The van der Waals surface area contributed by atoms with Crippen LogP contribution >= 0.6 is 0 Å². The van der Waals surface area contributed by atoms with Gasteiger partial charge in [-0.05, 0) is 18.8 Å². The van der Waals surface area contributed by atoms with Crippen molar-refractivity contribution in [3.05, 3.63) is 0 Å². The van der Waals surface area contributed by atoms with Gasteiger partial charge in [-0.3, -0.25) is 14.4 Å². The third-order valence-electron chi connectivity index (χ3n) is 3.79. The zero-order valence-corrected chi connectivity index (χ0v) is 11.7. The van der Waals surface area contributed by atoms with Gasteiger partial charge >= 0.3 is 0 Å². The molecular formula is C15H24O3. The highest BCUT2D eigenvalue weighted by molar-refractivity contribution is 6.21. The van der Waals surface area contributed by atoms with Crippen molar-refractivity contribution in [2.75, 3.05) is 0 Å². The fourth-order valence-corrected chi connectivity index (χ4v) is 2.94. The summed E-state index contributed by atoms with van der Waals surface area (Å²) in [7, 11) is 0. The molecule has 0 N–H and O–H groups in total. The summed E-state index contributed by atoms with van der Waals surface area (Å²) in [6, 6.07) is 0.